The van der Waals surface area contributed by atoms with Gasteiger partial charge in [0.15, 0.2) is 0 Å². The topological polar surface area (TPSA) is 92.5 Å². The van der Waals surface area contributed by atoms with Crippen molar-refractivity contribution in [3.05, 3.63) is 32.3 Å². The summed E-state index contributed by atoms with van der Waals surface area (Å²) in [5.74, 6) is -1.06. The molecule has 21 heavy (non-hydrogen) atoms. The van der Waals surface area contributed by atoms with E-state index in [1.54, 1.807) is 0 Å². The number of carboxylic acid groups (broad SMARTS) is 1. The predicted molar refractivity (Wildman–Crippen MR) is 71.2 cm³/mol. The van der Waals surface area contributed by atoms with Crippen LogP contribution < -0.4 is 5.32 Å². The first-order valence-electron chi connectivity index (χ1n) is 5.63. The van der Waals surface area contributed by atoms with Gasteiger partial charge in [-0.2, -0.15) is 13.2 Å². The summed E-state index contributed by atoms with van der Waals surface area (Å²) >= 11 is 2.66. The van der Waals surface area contributed by atoms with Crippen LogP contribution in [0.25, 0.3) is 0 Å². The van der Waals surface area contributed by atoms with E-state index in [0.29, 0.717) is 6.07 Å². The lowest BCUT2D eigenvalue weighted by molar-refractivity contribution is -0.384. The van der Waals surface area contributed by atoms with Crippen molar-refractivity contribution in [2.75, 3.05) is 11.9 Å². The fraction of sp³-hybridized carbons (Fsp3) is 0.364. The highest BCUT2D eigenvalue weighted by Crippen LogP contribution is 2.40. The number of nitrogens with one attached hydrogen (secondary N) is 1. The molecule has 0 amide bonds. The summed E-state index contributed by atoms with van der Waals surface area (Å²) < 4.78 is 37.8. The summed E-state index contributed by atoms with van der Waals surface area (Å²) in [6.45, 7) is 0.00602. The summed E-state index contributed by atoms with van der Waals surface area (Å²) in [4.78, 5) is 20.4. The number of halogens is 4. The Morgan fingerprint density at radius 1 is 1.43 bits per heavy atom. The molecule has 2 N–H and O–H groups in total. The average Bonchev–Trinajstić information content (AvgIpc) is 2.33. The molecule has 0 fully saturated rings. The lowest BCUT2D eigenvalue weighted by atomic mass is 10.1. The summed E-state index contributed by atoms with van der Waals surface area (Å²) in [5, 5.41) is 21.8. The second-order valence-electron chi connectivity index (χ2n) is 4.03. The summed E-state index contributed by atoms with van der Waals surface area (Å²) in [6, 6.07) is 1.39. The standard InChI is InChI=1S/C11H10BrF3N2O4/c12-7-5-9(17(20)21)8(4-6(7)11(13,14)15)16-3-1-2-10(18)19/h4-5,16H,1-3H2,(H,18,19). The summed E-state index contributed by atoms with van der Waals surface area (Å²) in [7, 11) is 0. The Kier molecular flexibility index (Phi) is 5.53. The van der Waals surface area contributed by atoms with Crippen molar-refractivity contribution in [3.8, 4) is 0 Å². The van der Waals surface area contributed by atoms with Gasteiger partial charge in [-0.25, -0.2) is 0 Å². The number of rotatable bonds is 6. The zero-order valence-electron chi connectivity index (χ0n) is 10.4. The number of nitro benzene ring substituents is 1. The van der Waals surface area contributed by atoms with Gasteiger partial charge in [-0.1, -0.05) is 0 Å². The smallest absolute Gasteiger partial charge is 0.417 e. The molecule has 1 aromatic carbocycles. The average molecular weight is 371 g/mol. The van der Waals surface area contributed by atoms with Gasteiger partial charge in [0, 0.05) is 23.5 Å². The van der Waals surface area contributed by atoms with Crippen LogP contribution in [0.5, 0.6) is 0 Å². The number of nitrogens with zero attached hydrogens (tertiary/aromatic N) is 1. The van der Waals surface area contributed by atoms with Gasteiger partial charge in [-0.05, 0) is 28.4 Å². The van der Waals surface area contributed by atoms with Crippen molar-refractivity contribution < 1.29 is 28.0 Å². The van der Waals surface area contributed by atoms with Crippen LogP contribution in [0.15, 0.2) is 16.6 Å². The maximum Gasteiger partial charge on any atom is 0.417 e. The number of aliphatic carboxylic acids is 1. The van der Waals surface area contributed by atoms with Crippen LogP contribution in [0, 0.1) is 10.1 Å². The molecule has 0 aliphatic heterocycles. The van der Waals surface area contributed by atoms with Crippen molar-refractivity contribution in [1.82, 2.24) is 0 Å². The number of hydrogen-bond donors (Lipinski definition) is 2. The molecule has 0 heterocycles. The molecule has 0 radical (unpaired) electrons. The largest absolute Gasteiger partial charge is 0.481 e. The molecule has 0 bridgehead atoms. The second kappa shape index (κ2) is 6.74. The van der Waals surface area contributed by atoms with Gasteiger partial charge >= 0.3 is 12.1 Å². The van der Waals surface area contributed by atoms with E-state index in [0.717, 1.165) is 6.07 Å². The van der Waals surface area contributed by atoms with Crippen molar-refractivity contribution in [2.45, 2.75) is 19.0 Å². The molecule has 0 aromatic heterocycles. The predicted octanol–water partition coefficient (Wildman–Crippen LogP) is 3.65. The third-order valence-electron chi connectivity index (χ3n) is 2.47. The molecule has 0 unspecified atom stereocenters. The van der Waals surface area contributed by atoms with Crippen molar-refractivity contribution in [2.24, 2.45) is 0 Å². The van der Waals surface area contributed by atoms with Crippen LogP contribution in [0.3, 0.4) is 0 Å². The number of hydrogen-bond acceptors (Lipinski definition) is 4. The number of carboxylic acids is 1. The molecule has 1 rings (SSSR count). The maximum atomic E-state index is 12.8. The molecule has 0 aliphatic carbocycles. The van der Waals surface area contributed by atoms with E-state index in [-0.39, 0.29) is 25.1 Å². The van der Waals surface area contributed by atoms with E-state index in [2.05, 4.69) is 21.2 Å². The molecule has 0 spiro atoms. The van der Waals surface area contributed by atoms with Crippen LogP contribution in [-0.2, 0) is 11.0 Å². The first kappa shape index (κ1) is 17.2. The molecular weight excluding hydrogens is 361 g/mol. The van der Waals surface area contributed by atoms with E-state index in [1.165, 1.54) is 0 Å². The molecular formula is C11H10BrF3N2O4. The summed E-state index contributed by atoms with van der Waals surface area (Å²) in [6.07, 6.45) is -4.72. The molecule has 0 atom stereocenters. The van der Waals surface area contributed by atoms with Gasteiger partial charge in [0.2, 0.25) is 0 Å². The minimum Gasteiger partial charge on any atom is -0.481 e. The van der Waals surface area contributed by atoms with E-state index >= 15 is 0 Å². The minimum atomic E-state index is -4.66. The third kappa shape index (κ3) is 4.88. The first-order chi connectivity index (χ1) is 9.62. The van der Waals surface area contributed by atoms with Crippen LogP contribution in [0.4, 0.5) is 24.5 Å². The SMILES string of the molecule is O=C(O)CCCNc1cc(C(F)(F)F)c(Br)cc1[N+](=O)[O-]. The highest BCUT2D eigenvalue weighted by atomic mass is 79.9. The van der Waals surface area contributed by atoms with Gasteiger partial charge in [-0.3, -0.25) is 14.9 Å². The molecule has 0 saturated carbocycles. The molecule has 1 aromatic rings. The van der Waals surface area contributed by atoms with E-state index < -0.39 is 32.8 Å². The van der Waals surface area contributed by atoms with Gasteiger partial charge in [0.1, 0.15) is 5.69 Å². The Hall–Kier alpha value is -1.84. The lowest BCUT2D eigenvalue weighted by Gasteiger charge is -2.13. The molecule has 116 valence electrons. The molecule has 6 nitrogen and oxygen atoms in total. The number of benzene rings is 1. The minimum absolute atomic E-state index is 0.00602. The van der Waals surface area contributed by atoms with Gasteiger partial charge in [0.05, 0.1) is 10.5 Å². The molecule has 0 aliphatic rings. The van der Waals surface area contributed by atoms with Crippen molar-refractivity contribution in [3.63, 3.8) is 0 Å². The Morgan fingerprint density at radius 2 is 2.05 bits per heavy atom. The van der Waals surface area contributed by atoms with E-state index in [1.807, 2.05) is 0 Å². The Morgan fingerprint density at radius 3 is 2.52 bits per heavy atom. The summed E-state index contributed by atoms with van der Waals surface area (Å²) in [5.41, 5.74) is -1.88. The fourth-order valence-corrected chi connectivity index (χ4v) is 2.09. The van der Waals surface area contributed by atoms with Crippen LogP contribution in [0.2, 0.25) is 0 Å². The maximum absolute atomic E-state index is 12.8. The highest BCUT2D eigenvalue weighted by Gasteiger charge is 2.35. The van der Waals surface area contributed by atoms with Gasteiger partial charge < -0.3 is 10.4 Å². The number of nitro groups is 1. The zero-order valence-corrected chi connectivity index (χ0v) is 12.0. The number of carbonyl (C=O) groups is 1. The van der Waals surface area contributed by atoms with Gasteiger partial charge in [-0.15, -0.1) is 0 Å². The Bertz CT molecular complexity index is 563. The van der Waals surface area contributed by atoms with Crippen LogP contribution in [-0.4, -0.2) is 22.5 Å². The Labute approximate surface area is 125 Å². The number of alkyl halides is 3. The molecule has 10 heteroatoms. The Balaban J connectivity index is 3.03. The normalized spacial score (nSPS) is 11.2. The highest BCUT2D eigenvalue weighted by molar-refractivity contribution is 9.10. The van der Waals surface area contributed by atoms with Crippen LogP contribution >= 0.6 is 15.9 Å². The van der Waals surface area contributed by atoms with E-state index in [9.17, 15) is 28.1 Å². The van der Waals surface area contributed by atoms with Crippen LogP contribution in [0.1, 0.15) is 18.4 Å². The third-order valence-corrected chi connectivity index (χ3v) is 3.13. The van der Waals surface area contributed by atoms with Crippen molar-refractivity contribution >= 4 is 33.3 Å². The van der Waals surface area contributed by atoms with Crippen molar-refractivity contribution in [1.29, 1.82) is 0 Å². The van der Waals surface area contributed by atoms with E-state index in [4.69, 9.17) is 5.11 Å². The van der Waals surface area contributed by atoms with Gasteiger partial charge in [0.25, 0.3) is 5.69 Å². The quantitative estimate of drug-likeness (QED) is 0.452. The molecule has 0 saturated heterocycles. The number of anilines is 1. The second-order valence-corrected chi connectivity index (χ2v) is 4.88. The monoisotopic (exact) mass is 370 g/mol. The fourth-order valence-electron chi connectivity index (χ4n) is 1.54. The lowest BCUT2D eigenvalue weighted by Crippen LogP contribution is -2.11. The first-order valence-corrected chi connectivity index (χ1v) is 6.43. The zero-order chi connectivity index (χ0) is 16.2.